The molecule has 0 amide bonds. The summed E-state index contributed by atoms with van der Waals surface area (Å²) < 4.78 is 41.7. The first-order valence-electron chi connectivity index (χ1n) is 9.49. The first kappa shape index (κ1) is 22.3. The molecule has 164 valence electrons. The molecule has 3 aromatic rings. The van der Waals surface area contributed by atoms with Crippen LogP contribution in [0.4, 0.5) is 13.2 Å². The van der Waals surface area contributed by atoms with Gasteiger partial charge in [-0.15, -0.1) is 13.2 Å². The summed E-state index contributed by atoms with van der Waals surface area (Å²) in [6.07, 6.45) is -4.85. The van der Waals surface area contributed by atoms with Crippen molar-refractivity contribution in [1.29, 1.82) is 0 Å². The Morgan fingerprint density at radius 2 is 1.84 bits per heavy atom. The minimum absolute atomic E-state index is 0.140. The highest BCUT2D eigenvalue weighted by Crippen LogP contribution is 2.31. The third-order valence-corrected chi connectivity index (χ3v) is 4.60. The Morgan fingerprint density at radius 3 is 2.45 bits per heavy atom. The molecule has 2 N–H and O–H groups in total. The van der Waals surface area contributed by atoms with Crippen LogP contribution >= 0.6 is 0 Å². The Hall–Kier alpha value is -3.36. The zero-order valence-corrected chi connectivity index (χ0v) is 17.1. The van der Waals surface area contributed by atoms with Crippen molar-refractivity contribution in [2.24, 2.45) is 0 Å². The van der Waals surface area contributed by atoms with Crippen molar-refractivity contribution in [1.82, 2.24) is 9.97 Å². The molecule has 3 rings (SSSR count). The van der Waals surface area contributed by atoms with Crippen molar-refractivity contribution in [3.05, 3.63) is 58.0 Å². The first-order valence-corrected chi connectivity index (χ1v) is 9.49. The van der Waals surface area contributed by atoms with Crippen LogP contribution in [0.3, 0.4) is 0 Å². The number of aryl methyl sites for hydroxylation is 1. The van der Waals surface area contributed by atoms with Gasteiger partial charge in [0.2, 0.25) is 0 Å². The third-order valence-electron chi connectivity index (χ3n) is 4.60. The number of fused-ring (bicyclic) bond motifs is 1. The van der Waals surface area contributed by atoms with Crippen LogP contribution in [0.5, 0.6) is 5.75 Å². The Morgan fingerprint density at radius 1 is 1.13 bits per heavy atom. The molecule has 0 bridgehead atoms. The van der Waals surface area contributed by atoms with Crippen molar-refractivity contribution in [3.63, 3.8) is 0 Å². The summed E-state index contributed by atoms with van der Waals surface area (Å²) in [5.74, 6) is -1.38. The topological polar surface area (TPSA) is 92.3 Å². The highest BCUT2D eigenvalue weighted by atomic mass is 19.4. The average Bonchev–Trinajstić information content (AvgIpc) is 2.63. The predicted octanol–water partition coefficient (Wildman–Crippen LogP) is 4.80. The molecule has 31 heavy (non-hydrogen) atoms. The number of hydrogen-bond acceptors (Lipinski definition) is 4. The molecule has 9 heteroatoms. The van der Waals surface area contributed by atoms with E-state index in [1.54, 1.807) is 18.2 Å². The van der Waals surface area contributed by atoms with Gasteiger partial charge < -0.3 is 14.8 Å². The number of aliphatic carboxylic acids is 1. The third kappa shape index (κ3) is 5.42. The van der Waals surface area contributed by atoms with E-state index >= 15 is 0 Å². The van der Waals surface area contributed by atoms with E-state index in [0.717, 1.165) is 0 Å². The van der Waals surface area contributed by atoms with E-state index in [1.165, 1.54) is 18.2 Å². The van der Waals surface area contributed by atoms with E-state index in [9.17, 15) is 22.8 Å². The lowest BCUT2D eigenvalue weighted by Gasteiger charge is -2.18. The lowest BCUT2D eigenvalue weighted by atomic mass is 9.91. The van der Waals surface area contributed by atoms with Gasteiger partial charge in [0.15, 0.2) is 0 Å². The molecule has 0 aliphatic rings. The van der Waals surface area contributed by atoms with Gasteiger partial charge in [-0.05, 0) is 47.4 Å². The number of rotatable bonds is 5. The highest BCUT2D eigenvalue weighted by Gasteiger charge is 2.31. The fraction of sp³-hybridized carbons (Fsp3) is 0.318. The fourth-order valence-corrected chi connectivity index (χ4v) is 3.25. The van der Waals surface area contributed by atoms with E-state index in [0.29, 0.717) is 33.4 Å². The summed E-state index contributed by atoms with van der Waals surface area (Å²) in [5, 5.41) is 9.10. The van der Waals surface area contributed by atoms with Gasteiger partial charge >= 0.3 is 12.3 Å². The van der Waals surface area contributed by atoms with Crippen molar-refractivity contribution in [3.8, 4) is 16.9 Å². The standard InChI is InChI=1S/C22H21F3N2O4/c1-21(2,3)19-20(30)26-16-11-14(9-13(18(16)27-19)7-8-17(28)29)12-5-4-6-15(10-12)31-22(23,24)25/h4-6,9-11H,7-8H2,1-3H3,(H,26,30)(H,28,29). The molecule has 0 aliphatic heterocycles. The maximum Gasteiger partial charge on any atom is 0.573 e. The number of ether oxygens (including phenoxy) is 1. The van der Waals surface area contributed by atoms with Gasteiger partial charge in [-0.3, -0.25) is 9.59 Å². The number of carboxylic acid groups (broad SMARTS) is 1. The van der Waals surface area contributed by atoms with Crippen LogP contribution in [0.2, 0.25) is 0 Å². The van der Waals surface area contributed by atoms with Gasteiger partial charge in [0.25, 0.3) is 5.56 Å². The van der Waals surface area contributed by atoms with Gasteiger partial charge in [0, 0.05) is 11.8 Å². The van der Waals surface area contributed by atoms with E-state index in [1.807, 2.05) is 20.8 Å². The number of halogens is 3. The number of nitrogens with one attached hydrogen (secondary N) is 1. The van der Waals surface area contributed by atoms with Gasteiger partial charge in [0.1, 0.15) is 11.4 Å². The Kier molecular flexibility index (Phi) is 5.80. The van der Waals surface area contributed by atoms with Crippen molar-refractivity contribution >= 4 is 17.0 Å². The van der Waals surface area contributed by atoms with E-state index < -0.39 is 17.7 Å². The molecule has 1 aromatic heterocycles. The van der Waals surface area contributed by atoms with Crippen LogP contribution in [0, 0.1) is 0 Å². The van der Waals surface area contributed by atoms with Crippen LogP contribution < -0.4 is 10.3 Å². The first-order chi connectivity index (χ1) is 14.3. The van der Waals surface area contributed by atoms with Crippen LogP contribution in [-0.2, 0) is 16.6 Å². The molecular formula is C22H21F3N2O4. The molecule has 0 unspecified atom stereocenters. The number of carbonyl (C=O) groups is 1. The molecule has 2 aromatic carbocycles. The average molecular weight is 434 g/mol. The Bertz CT molecular complexity index is 1190. The number of hydrogen-bond donors (Lipinski definition) is 2. The second-order valence-electron chi connectivity index (χ2n) is 8.17. The number of aromatic nitrogens is 2. The largest absolute Gasteiger partial charge is 0.573 e. The van der Waals surface area contributed by atoms with Crippen molar-refractivity contribution in [2.45, 2.75) is 45.4 Å². The minimum Gasteiger partial charge on any atom is -0.481 e. The Labute approximate surface area is 175 Å². The summed E-state index contributed by atoms with van der Waals surface area (Å²) in [5.41, 5.74) is 1.71. The molecular weight excluding hydrogens is 413 g/mol. The Balaban J connectivity index is 2.19. The molecule has 6 nitrogen and oxygen atoms in total. The zero-order valence-electron chi connectivity index (χ0n) is 17.1. The maximum absolute atomic E-state index is 12.6. The highest BCUT2D eigenvalue weighted by molar-refractivity contribution is 5.85. The van der Waals surface area contributed by atoms with Gasteiger partial charge in [-0.1, -0.05) is 32.9 Å². The molecule has 0 saturated carbocycles. The predicted molar refractivity (Wildman–Crippen MR) is 109 cm³/mol. The number of nitrogens with zero attached hydrogens (tertiary/aromatic N) is 1. The number of H-pyrrole nitrogens is 1. The number of aromatic amines is 1. The molecule has 0 aliphatic carbocycles. The minimum atomic E-state index is -4.83. The van der Waals surface area contributed by atoms with Gasteiger partial charge in [-0.2, -0.15) is 0 Å². The zero-order chi connectivity index (χ0) is 23.0. The van der Waals surface area contributed by atoms with Crippen LogP contribution in [0.15, 0.2) is 41.2 Å². The van der Waals surface area contributed by atoms with Gasteiger partial charge in [-0.25, -0.2) is 4.98 Å². The molecule has 0 fully saturated rings. The van der Waals surface area contributed by atoms with Crippen LogP contribution in [0.25, 0.3) is 22.2 Å². The number of benzene rings is 2. The quantitative estimate of drug-likeness (QED) is 0.602. The van der Waals surface area contributed by atoms with Crippen LogP contribution in [-0.4, -0.2) is 27.4 Å². The van der Waals surface area contributed by atoms with E-state index in [4.69, 9.17) is 5.11 Å². The monoisotopic (exact) mass is 434 g/mol. The second kappa shape index (κ2) is 8.05. The molecule has 0 atom stereocenters. The molecule has 1 heterocycles. The summed E-state index contributed by atoms with van der Waals surface area (Å²) in [6.45, 7) is 5.52. The molecule has 0 radical (unpaired) electrons. The summed E-state index contributed by atoms with van der Waals surface area (Å²) in [6, 6.07) is 8.71. The summed E-state index contributed by atoms with van der Waals surface area (Å²) >= 11 is 0. The maximum atomic E-state index is 12.6. The molecule has 0 spiro atoms. The van der Waals surface area contributed by atoms with E-state index in [2.05, 4.69) is 14.7 Å². The molecule has 0 saturated heterocycles. The van der Waals surface area contributed by atoms with E-state index in [-0.39, 0.29) is 24.2 Å². The smallest absolute Gasteiger partial charge is 0.481 e. The lowest BCUT2D eigenvalue weighted by molar-refractivity contribution is -0.274. The number of carboxylic acids is 1. The van der Waals surface area contributed by atoms with Crippen molar-refractivity contribution < 1.29 is 27.8 Å². The SMILES string of the molecule is CC(C)(C)c1nc2c(CCC(=O)O)cc(-c3cccc(OC(F)(F)F)c3)cc2[nH]c1=O. The lowest BCUT2D eigenvalue weighted by Crippen LogP contribution is -2.26. The fourth-order valence-electron chi connectivity index (χ4n) is 3.25. The summed E-state index contributed by atoms with van der Waals surface area (Å²) in [7, 11) is 0. The van der Waals surface area contributed by atoms with Crippen molar-refractivity contribution in [2.75, 3.05) is 0 Å². The normalized spacial score (nSPS) is 12.2. The number of alkyl halides is 3. The second-order valence-corrected chi connectivity index (χ2v) is 8.17. The van der Waals surface area contributed by atoms with Crippen LogP contribution in [0.1, 0.15) is 38.4 Å². The summed E-state index contributed by atoms with van der Waals surface area (Å²) in [4.78, 5) is 31.0. The van der Waals surface area contributed by atoms with Gasteiger partial charge in [0.05, 0.1) is 11.0 Å².